The minimum atomic E-state index is -4.67. The van der Waals surface area contributed by atoms with E-state index in [0.29, 0.717) is 0 Å². The number of aliphatic carboxylic acids is 3. The van der Waals surface area contributed by atoms with E-state index in [0.717, 1.165) is 0 Å². The van der Waals surface area contributed by atoms with Gasteiger partial charge in [0.05, 0.1) is 12.8 Å². The molecular weight excluding hydrogens is 304 g/mol. The van der Waals surface area contributed by atoms with Crippen LogP contribution in [0.3, 0.4) is 0 Å². The Kier molecular flexibility index (Phi) is 11.0. The zero-order valence-electron chi connectivity index (χ0n) is 11.3. The summed E-state index contributed by atoms with van der Waals surface area (Å²) in [6.07, 6.45) is -2.29. The van der Waals surface area contributed by atoms with Gasteiger partial charge in [0.2, 0.25) is 0 Å². The minimum absolute atomic E-state index is 0. The van der Waals surface area contributed by atoms with Crippen molar-refractivity contribution in [1.82, 2.24) is 0 Å². The molecular formula is C6H12MgO11S. The molecule has 0 saturated carbocycles. The van der Waals surface area contributed by atoms with E-state index in [4.69, 9.17) is 37.9 Å². The summed E-state index contributed by atoms with van der Waals surface area (Å²) in [5.74, 6) is -5.02. The molecule has 0 heterocycles. The van der Waals surface area contributed by atoms with Crippen LogP contribution < -0.4 is 0 Å². The fourth-order valence-corrected chi connectivity index (χ4v) is 0.714. The fraction of sp³-hybridized carbons (Fsp3) is 0.500. The number of aliphatic hydroxyl groups is 1. The molecule has 0 aliphatic heterocycles. The van der Waals surface area contributed by atoms with Gasteiger partial charge in [0.15, 0.2) is 5.60 Å². The van der Waals surface area contributed by atoms with Crippen LogP contribution >= 0.6 is 0 Å². The van der Waals surface area contributed by atoms with Crippen molar-refractivity contribution in [1.29, 1.82) is 0 Å². The van der Waals surface area contributed by atoms with Gasteiger partial charge >= 0.3 is 51.4 Å². The van der Waals surface area contributed by atoms with Gasteiger partial charge < -0.3 is 23.3 Å². The van der Waals surface area contributed by atoms with E-state index >= 15 is 0 Å². The Morgan fingerprint density at radius 1 is 0.947 bits per heavy atom. The molecule has 11 nitrogen and oxygen atoms in total. The maximum absolute atomic E-state index is 10.3. The summed E-state index contributed by atoms with van der Waals surface area (Å²) in [6, 6.07) is 0. The summed E-state index contributed by atoms with van der Waals surface area (Å²) in [4.78, 5) is 30.5. The normalized spacial score (nSPS) is 10.5. The van der Waals surface area contributed by atoms with Gasteiger partial charge in [0.25, 0.3) is 0 Å². The second-order valence-electron chi connectivity index (χ2n) is 2.93. The molecule has 0 bridgehead atoms. The Bertz CT molecular complexity index is 412. The SMILES string of the molecule is O=C(O)CC(O)(CC(=O)O)C(=O)O.O=S(=O)(O)O.[H-].[H-].[Mg+2]. The largest absolute Gasteiger partial charge is 2.00 e. The van der Waals surface area contributed by atoms with Crippen LogP contribution in [-0.2, 0) is 24.8 Å². The molecule has 0 unspecified atom stereocenters. The van der Waals surface area contributed by atoms with Crippen LogP contribution in [0.5, 0.6) is 0 Å². The first-order valence-corrected chi connectivity index (χ1v) is 5.27. The number of carboxylic acids is 3. The van der Waals surface area contributed by atoms with Crippen molar-refractivity contribution in [2.75, 3.05) is 0 Å². The van der Waals surface area contributed by atoms with Crippen molar-refractivity contribution < 1.29 is 55.2 Å². The smallest absolute Gasteiger partial charge is 1.00 e. The molecule has 0 aromatic heterocycles. The fourth-order valence-electron chi connectivity index (χ4n) is 0.714. The van der Waals surface area contributed by atoms with Crippen molar-refractivity contribution in [3.8, 4) is 0 Å². The molecule has 0 amide bonds. The maximum Gasteiger partial charge on any atom is 2.00 e. The van der Waals surface area contributed by atoms with Crippen LogP contribution in [-0.4, -0.2) is 84.5 Å². The third-order valence-corrected chi connectivity index (χ3v) is 1.29. The van der Waals surface area contributed by atoms with E-state index in [-0.39, 0.29) is 25.9 Å². The van der Waals surface area contributed by atoms with E-state index in [1.54, 1.807) is 0 Å². The topological polar surface area (TPSA) is 207 Å². The van der Waals surface area contributed by atoms with Gasteiger partial charge in [0, 0.05) is 0 Å². The molecule has 0 saturated heterocycles. The summed E-state index contributed by atoms with van der Waals surface area (Å²) >= 11 is 0. The van der Waals surface area contributed by atoms with Crippen molar-refractivity contribution in [2.24, 2.45) is 0 Å². The average molecular weight is 317 g/mol. The Morgan fingerprint density at radius 2 is 1.16 bits per heavy atom. The molecule has 0 aromatic rings. The standard InChI is InChI=1S/C6H8O7.Mg.H2O4S.2H/c7-3(8)1-6(13,5(11)12)2-4(9)10;;1-5(2,3)4;;/h13H,1-2H2,(H,7,8)(H,9,10)(H,11,12);;(H2,1,2,3,4);;/q;+2;;2*-1. The summed E-state index contributed by atoms with van der Waals surface area (Å²) < 4.78 is 31.6. The monoisotopic (exact) mass is 316 g/mol. The first-order chi connectivity index (χ1) is 7.78. The predicted octanol–water partition coefficient (Wildman–Crippen LogP) is -2.06. The maximum atomic E-state index is 10.3. The Morgan fingerprint density at radius 3 is 1.26 bits per heavy atom. The van der Waals surface area contributed by atoms with Crippen molar-refractivity contribution in [2.45, 2.75) is 18.4 Å². The molecule has 0 radical (unpaired) electrons. The second kappa shape index (κ2) is 9.00. The van der Waals surface area contributed by atoms with Crippen LogP contribution in [0.4, 0.5) is 0 Å². The molecule has 0 aliphatic rings. The van der Waals surface area contributed by atoms with Crippen LogP contribution in [0, 0.1) is 0 Å². The summed E-state index contributed by atoms with van der Waals surface area (Å²) in [5, 5.41) is 33.8. The van der Waals surface area contributed by atoms with E-state index < -0.39 is 46.7 Å². The molecule has 13 heteroatoms. The quantitative estimate of drug-likeness (QED) is 0.240. The van der Waals surface area contributed by atoms with Crippen LogP contribution in [0.15, 0.2) is 0 Å². The van der Waals surface area contributed by atoms with E-state index in [1.165, 1.54) is 0 Å². The number of hydrogen-bond donors (Lipinski definition) is 6. The second-order valence-corrected chi connectivity index (χ2v) is 3.82. The molecule has 0 spiro atoms. The molecule has 0 aliphatic carbocycles. The van der Waals surface area contributed by atoms with E-state index in [1.807, 2.05) is 0 Å². The molecule has 0 rings (SSSR count). The molecule has 6 N–H and O–H groups in total. The van der Waals surface area contributed by atoms with E-state index in [2.05, 4.69) is 0 Å². The number of hydrogen-bond acceptors (Lipinski definition) is 6. The van der Waals surface area contributed by atoms with Gasteiger partial charge in [-0.15, -0.1) is 0 Å². The van der Waals surface area contributed by atoms with Crippen molar-refractivity contribution in [3.63, 3.8) is 0 Å². The Balaban J connectivity index is -0.0000000933. The third kappa shape index (κ3) is 17.0. The molecule has 0 atom stereocenters. The minimum Gasteiger partial charge on any atom is -1.00 e. The number of carboxylic acid groups (broad SMARTS) is 3. The van der Waals surface area contributed by atoms with Gasteiger partial charge in [-0.05, 0) is 0 Å². The Labute approximate surface area is 125 Å². The summed E-state index contributed by atoms with van der Waals surface area (Å²) in [6.45, 7) is 0. The van der Waals surface area contributed by atoms with Crippen molar-refractivity contribution >= 4 is 51.4 Å². The molecule has 0 aromatic carbocycles. The average Bonchev–Trinajstić information content (AvgIpc) is 1.95. The predicted molar refractivity (Wildman–Crippen MR) is 59.2 cm³/mol. The molecule has 19 heavy (non-hydrogen) atoms. The van der Waals surface area contributed by atoms with Crippen LogP contribution in [0.1, 0.15) is 15.7 Å². The third-order valence-electron chi connectivity index (χ3n) is 1.29. The first-order valence-electron chi connectivity index (χ1n) is 3.87. The Hall–Kier alpha value is -0.994. The first kappa shape index (κ1) is 23.1. The summed E-state index contributed by atoms with van der Waals surface area (Å²) in [5.41, 5.74) is -2.74. The van der Waals surface area contributed by atoms with Crippen molar-refractivity contribution in [3.05, 3.63) is 0 Å². The van der Waals surface area contributed by atoms with Gasteiger partial charge in [-0.1, -0.05) is 0 Å². The summed E-state index contributed by atoms with van der Waals surface area (Å²) in [7, 11) is -4.67. The van der Waals surface area contributed by atoms with E-state index in [9.17, 15) is 14.4 Å². The zero-order valence-corrected chi connectivity index (χ0v) is 11.5. The number of carbonyl (C=O) groups is 3. The molecule has 110 valence electrons. The van der Waals surface area contributed by atoms with Gasteiger partial charge in [-0.25, -0.2) is 4.79 Å². The van der Waals surface area contributed by atoms with Crippen LogP contribution in [0.25, 0.3) is 0 Å². The van der Waals surface area contributed by atoms with Gasteiger partial charge in [0.1, 0.15) is 0 Å². The number of rotatable bonds is 5. The van der Waals surface area contributed by atoms with Crippen LogP contribution in [0.2, 0.25) is 0 Å². The van der Waals surface area contributed by atoms with Gasteiger partial charge in [-0.2, -0.15) is 8.42 Å². The molecule has 0 fully saturated rings. The zero-order chi connectivity index (χ0) is 15.1. The van der Waals surface area contributed by atoms with Gasteiger partial charge in [-0.3, -0.25) is 18.7 Å².